The molecule has 0 aliphatic carbocycles. The summed E-state index contributed by atoms with van der Waals surface area (Å²) in [6, 6.07) is 3.30. The van der Waals surface area contributed by atoms with Crippen molar-refractivity contribution in [1.82, 2.24) is 9.80 Å². The Morgan fingerprint density at radius 3 is 2.39 bits per heavy atom. The maximum absolute atomic E-state index is 12.6. The van der Waals surface area contributed by atoms with E-state index in [2.05, 4.69) is 34.7 Å². The number of halogens is 1. The topological polar surface area (TPSA) is 63.0 Å². The average molecular weight is 389 g/mol. The van der Waals surface area contributed by atoms with Gasteiger partial charge < -0.3 is 19.0 Å². The lowest BCUT2D eigenvalue weighted by Gasteiger charge is -2.27. The van der Waals surface area contributed by atoms with Crippen molar-refractivity contribution in [2.75, 3.05) is 39.8 Å². The fourth-order valence-corrected chi connectivity index (χ4v) is 2.58. The van der Waals surface area contributed by atoms with E-state index in [1.165, 1.54) is 7.11 Å². The van der Waals surface area contributed by atoms with E-state index in [0.717, 1.165) is 19.6 Å². The van der Waals surface area contributed by atoms with Crippen LogP contribution in [0.2, 0.25) is 0 Å². The van der Waals surface area contributed by atoms with Crippen LogP contribution in [0, 0.1) is 5.92 Å². The molecule has 0 aliphatic heterocycles. The number of hydrogen-bond acceptors (Lipinski definition) is 5. The van der Waals surface area contributed by atoms with E-state index in [1.807, 2.05) is 0 Å². The lowest BCUT2D eigenvalue weighted by atomic mass is 10.1. The van der Waals surface area contributed by atoms with Crippen LogP contribution >= 0.6 is 15.9 Å². The molecule has 1 aromatic rings. The normalized spacial score (nSPS) is 12.3. The van der Waals surface area contributed by atoms with Gasteiger partial charge in [0, 0.05) is 19.6 Å². The van der Waals surface area contributed by atoms with E-state index in [-0.39, 0.29) is 23.6 Å². The van der Waals surface area contributed by atoms with Gasteiger partial charge >= 0.3 is 5.97 Å². The largest absolute Gasteiger partial charge is 0.469 e. The van der Waals surface area contributed by atoms with Gasteiger partial charge in [-0.05, 0) is 41.2 Å². The molecule has 23 heavy (non-hydrogen) atoms. The molecular weight excluding hydrogens is 364 g/mol. The fraction of sp³-hybridized carbons (Fsp3) is 0.625. The van der Waals surface area contributed by atoms with Gasteiger partial charge in [-0.3, -0.25) is 9.59 Å². The zero-order chi connectivity index (χ0) is 17.4. The Hall–Kier alpha value is -1.34. The zero-order valence-electron chi connectivity index (χ0n) is 14.2. The SMILES string of the molecule is CCN(CC)CCN(CC(C)C(=O)OC)C(=O)c1ccc(Br)o1. The second kappa shape index (κ2) is 9.72. The first-order valence-electron chi connectivity index (χ1n) is 7.77. The maximum atomic E-state index is 12.6. The highest BCUT2D eigenvalue weighted by Gasteiger charge is 2.24. The predicted molar refractivity (Wildman–Crippen MR) is 91.3 cm³/mol. The highest BCUT2D eigenvalue weighted by atomic mass is 79.9. The molecule has 1 amide bonds. The summed E-state index contributed by atoms with van der Waals surface area (Å²) in [4.78, 5) is 28.2. The Labute approximate surface area is 145 Å². The van der Waals surface area contributed by atoms with Gasteiger partial charge in [-0.15, -0.1) is 0 Å². The van der Waals surface area contributed by atoms with Crippen molar-refractivity contribution in [2.45, 2.75) is 20.8 Å². The number of esters is 1. The van der Waals surface area contributed by atoms with Gasteiger partial charge in [0.1, 0.15) is 0 Å². The van der Waals surface area contributed by atoms with E-state index in [9.17, 15) is 9.59 Å². The first-order chi connectivity index (χ1) is 10.9. The third-order valence-electron chi connectivity index (χ3n) is 3.75. The van der Waals surface area contributed by atoms with Crippen molar-refractivity contribution in [3.63, 3.8) is 0 Å². The molecule has 0 saturated carbocycles. The number of carbonyl (C=O) groups is 2. The molecule has 0 bridgehead atoms. The van der Waals surface area contributed by atoms with Crippen LogP contribution in [0.3, 0.4) is 0 Å². The number of carbonyl (C=O) groups excluding carboxylic acids is 2. The Kier molecular flexibility index (Phi) is 8.33. The summed E-state index contributed by atoms with van der Waals surface area (Å²) >= 11 is 3.20. The van der Waals surface area contributed by atoms with Crippen molar-refractivity contribution in [1.29, 1.82) is 0 Å². The monoisotopic (exact) mass is 388 g/mol. The molecule has 0 radical (unpaired) electrons. The number of ether oxygens (including phenoxy) is 1. The van der Waals surface area contributed by atoms with Gasteiger partial charge in [-0.2, -0.15) is 0 Å². The van der Waals surface area contributed by atoms with Gasteiger partial charge in [0.05, 0.1) is 13.0 Å². The van der Waals surface area contributed by atoms with E-state index in [4.69, 9.17) is 9.15 Å². The average Bonchev–Trinajstić information content (AvgIpc) is 2.99. The Morgan fingerprint density at radius 2 is 1.91 bits per heavy atom. The quantitative estimate of drug-likeness (QED) is 0.608. The third-order valence-corrected chi connectivity index (χ3v) is 4.18. The van der Waals surface area contributed by atoms with E-state index in [1.54, 1.807) is 24.0 Å². The Morgan fingerprint density at radius 1 is 1.26 bits per heavy atom. The Balaban J connectivity index is 2.82. The minimum absolute atomic E-state index is 0.224. The molecule has 0 fully saturated rings. The van der Waals surface area contributed by atoms with Crippen LogP contribution in [0.25, 0.3) is 0 Å². The fourth-order valence-electron chi connectivity index (χ4n) is 2.27. The molecular formula is C16H25BrN2O4. The molecule has 130 valence electrons. The standard InChI is InChI=1S/C16H25BrN2O4/c1-5-18(6-2)9-10-19(11-12(3)16(21)22-4)15(20)13-7-8-14(17)23-13/h7-8,12H,5-6,9-11H2,1-4H3. The first kappa shape index (κ1) is 19.7. The molecule has 1 rings (SSSR count). The lowest BCUT2D eigenvalue weighted by Crippen LogP contribution is -2.42. The number of furan rings is 1. The minimum Gasteiger partial charge on any atom is -0.469 e. The Bertz CT molecular complexity index is 514. The smallest absolute Gasteiger partial charge is 0.310 e. The minimum atomic E-state index is -0.390. The van der Waals surface area contributed by atoms with E-state index >= 15 is 0 Å². The summed E-state index contributed by atoms with van der Waals surface area (Å²) in [5.74, 6) is -0.683. The number of rotatable bonds is 9. The van der Waals surface area contributed by atoms with Crippen LogP contribution in [0.15, 0.2) is 21.2 Å². The van der Waals surface area contributed by atoms with Crippen molar-refractivity contribution in [3.05, 3.63) is 22.6 Å². The maximum Gasteiger partial charge on any atom is 0.310 e. The molecule has 6 nitrogen and oxygen atoms in total. The van der Waals surface area contributed by atoms with Crippen LogP contribution in [0.1, 0.15) is 31.3 Å². The van der Waals surface area contributed by atoms with Gasteiger partial charge in [-0.25, -0.2) is 0 Å². The summed E-state index contributed by atoms with van der Waals surface area (Å²) in [6.45, 7) is 9.31. The molecule has 0 saturated heterocycles. The van der Waals surface area contributed by atoms with Crippen LogP contribution in [-0.2, 0) is 9.53 Å². The molecule has 0 aliphatic rings. The predicted octanol–water partition coefficient (Wildman–Crippen LogP) is 2.64. The molecule has 0 aromatic carbocycles. The summed E-state index contributed by atoms with van der Waals surface area (Å²) in [7, 11) is 1.35. The van der Waals surface area contributed by atoms with E-state index in [0.29, 0.717) is 17.8 Å². The highest BCUT2D eigenvalue weighted by Crippen LogP contribution is 2.17. The lowest BCUT2D eigenvalue weighted by molar-refractivity contribution is -0.145. The first-order valence-corrected chi connectivity index (χ1v) is 8.56. The molecule has 1 heterocycles. The number of nitrogens with zero attached hydrogens (tertiary/aromatic N) is 2. The number of methoxy groups -OCH3 is 1. The van der Waals surface area contributed by atoms with Gasteiger partial charge in [-0.1, -0.05) is 20.8 Å². The number of hydrogen-bond donors (Lipinski definition) is 0. The summed E-state index contributed by atoms with van der Waals surface area (Å²) < 4.78 is 10.6. The molecule has 0 spiro atoms. The van der Waals surface area contributed by atoms with E-state index < -0.39 is 0 Å². The number of likely N-dealkylation sites (N-methyl/N-ethyl adjacent to an activating group) is 1. The van der Waals surface area contributed by atoms with Crippen LogP contribution in [-0.4, -0.2) is 61.5 Å². The molecule has 1 unspecified atom stereocenters. The van der Waals surface area contributed by atoms with Crippen molar-refractivity contribution >= 4 is 27.8 Å². The molecule has 7 heteroatoms. The van der Waals surface area contributed by atoms with Gasteiger partial charge in [0.15, 0.2) is 10.4 Å². The highest BCUT2D eigenvalue weighted by molar-refractivity contribution is 9.10. The number of amides is 1. The molecule has 1 aromatic heterocycles. The summed E-state index contributed by atoms with van der Waals surface area (Å²) in [5, 5.41) is 0. The molecule has 0 N–H and O–H groups in total. The van der Waals surface area contributed by atoms with Crippen LogP contribution in [0.5, 0.6) is 0 Å². The zero-order valence-corrected chi connectivity index (χ0v) is 15.8. The second-order valence-corrected chi connectivity index (χ2v) is 6.09. The second-order valence-electron chi connectivity index (χ2n) is 5.31. The van der Waals surface area contributed by atoms with Crippen molar-refractivity contribution in [3.8, 4) is 0 Å². The van der Waals surface area contributed by atoms with Gasteiger partial charge in [0.25, 0.3) is 5.91 Å². The van der Waals surface area contributed by atoms with Crippen molar-refractivity contribution in [2.24, 2.45) is 5.92 Å². The third kappa shape index (κ3) is 5.99. The van der Waals surface area contributed by atoms with Gasteiger partial charge in [0.2, 0.25) is 0 Å². The van der Waals surface area contributed by atoms with Crippen LogP contribution in [0.4, 0.5) is 0 Å². The summed E-state index contributed by atoms with van der Waals surface area (Å²) in [5.41, 5.74) is 0. The summed E-state index contributed by atoms with van der Waals surface area (Å²) in [6.07, 6.45) is 0. The van der Waals surface area contributed by atoms with Crippen LogP contribution < -0.4 is 0 Å². The molecule has 1 atom stereocenters. The van der Waals surface area contributed by atoms with Crippen molar-refractivity contribution < 1.29 is 18.7 Å².